The Morgan fingerprint density at radius 3 is 2.32 bits per heavy atom. The summed E-state index contributed by atoms with van der Waals surface area (Å²) in [5.74, 6) is 2.27. The fraction of sp³-hybridized carbons (Fsp3) is 0.700. The molecule has 6 atom stereocenters. The first-order valence-corrected chi connectivity index (χ1v) is 15.1. The van der Waals surface area contributed by atoms with E-state index < -0.39 is 12.1 Å². The van der Waals surface area contributed by atoms with Crippen molar-refractivity contribution in [1.82, 2.24) is 35.1 Å². The van der Waals surface area contributed by atoms with Gasteiger partial charge in [0, 0.05) is 37.3 Å². The highest BCUT2D eigenvalue weighted by Gasteiger charge is 2.51. The minimum atomic E-state index is -0.660. The number of nitrogens with one attached hydrogen (secondary N) is 3. The Hall–Kier alpha value is -3.37. The first kappa shape index (κ1) is 29.1. The molecule has 0 spiro atoms. The second-order valence-corrected chi connectivity index (χ2v) is 12.7. The van der Waals surface area contributed by atoms with Gasteiger partial charge in [-0.1, -0.05) is 34.6 Å². The predicted molar refractivity (Wildman–Crippen MR) is 153 cm³/mol. The van der Waals surface area contributed by atoms with Crippen molar-refractivity contribution in [3.8, 4) is 0 Å². The molecule has 2 bridgehead atoms. The van der Waals surface area contributed by atoms with Crippen molar-refractivity contribution in [2.24, 2.45) is 23.7 Å². The van der Waals surface area contributed by atoms with E-state index in [1.807, 2.05) is 43.0 Å². The summed E-state index contributed by atoms with van der Waals surface area (Å²) in [5, 5.41) is 2.74. The third kappa shape index (κ3) is 5.72. The smallest absolute Gasteiger partial charge is 0.407 e. The summed E-state index contributed by atoms with van der Waals surface area (Å²) in [6, 6.07) is -0.678. The Morgan fingerprint density at radius 1 is 0.976 bits per heavy atom. The second kappa shape index (κ2) is 11.9. The molecule has 0 aromatic carbocycles. The molecular formula is C30H45N7O4. The number of likely N-dealkylation sites (tertiary alicyclic amines) is 2. The van der Waals surface area contributed by atoms with Crippen molar-refractivity contribution in [2.75, 3.05) is 13.7 Å². The summed E-state index contributed by atoms with van der Waals surface area (Å²) in [6.07, 6.45) is 8.62. The third-order valence-electron chi connectivity index (χ3n) is 9.42. The number of carbonyl (C=O) groups is 3. The summed E-state index contributed by atoms with van der Waals surface area (Å²) < 4.78 is 4.78. The second-order valence-electron chi connectivity index (χ2n) is 12.7. The molecule has 3 fully saturated rings. The van der Waals surface area contributed by atoms with Gasteiger partial charge in [0.05, 0.1) is 30.6 Å². The number of amides is 3. The first-order valence-electron chi connectivity index (χ1n) is 15.1. The summed E-state index contributed by atoms with van der Waals surface area (Å²) in [7, 11) is 1.31. The summed E-state index contributed by atoms with van der Waals surface area (Å²) >= 11 is 0. The van der Waals surface area contributed by atoms with Gasteiger partial charge in [0.2, 0.25) is 11.8 Å². The number of alkyl carbamates (subject to hydrolysis) is 1. The number of piperidine rings is 1. The fourth-order valence-corrected chi connectivity index (χ4v) is 6.82. The maximum atomic E-state index is 13.8. The van der Waals surface area contributed by atoms with Crippen molar-refractivity contribution in [3.05, 3.63) is 35.4 Å². The molecule has 2 aromatic rings. The van der Waals surface area contributed by atoms with E-state index in [0.717, 1.165) is 61.7 Å². The van der Waals surface area contributed by atoms with Crippen LogP contribution in [0.25, 0.3) is 0 Å². The summed E-state index contributed by atoms with van der Waals surface area (Å²) in [5.41, 5.74) is 1.73. The number of ether oxygens (including phenoxy) is 1. The monoisotopic (exact) mass is 567 g/mol. The number of carbonyl (C=O) groups excluding carboxylic acids is 3. The number of hydrogen-bond donors (Lipinski definition) is 3. The average Bonchev–Trinajstić information content (AvgIpc) is 3.78. The molecule has 11 heteroatoms. The van der Waals surface area contributed by atoms with E-state index in [0.29, 0.717) is 18.3 Å². The maximum Gasteiger partial charge on any atom is 0.407 e. The van der Waals surface area contributed by atoms with Gasteiger partial charge in [-0.15, -0.1) is 0 Å². The number of rotatable bonds is 9. The topological polar surface area (TPSA) is 136 Å². The lowest BCUT2D eigenvalue weighted by atomic mass is 9.95. The molecule has 5 rings (SSSR count). The highest BCUT2D eigenvalue weighted by atomic mass is 16.5. The van der Waals surface area contributed by atoms with Crippen LogP contribution in [0.15, 0.2) is 12.4 Å². The Labute approximate surface area is 242 Å². The van der Waals surface area contributed by atoms with Crippen LogP contribution >= 0.6 is 0 Å². The Morgan fingerprint density at radius 2 is 1.66 bits per heavy atom. The number of imidazole rings is 2. The number of aromatic nitrogens is 4. The molecule has 0 radical (unpaired) electrons. The van der Waals surface area contributed by atoms with E-state index in [1.54, 1.807) is 0 Å². The lowest BCUT2D eigenvalue weighted by Gasteiger charge is -2.37. The SMILES string of the molecule is COC(=O)N[C@H](C(=O)N1C(c2nc(Cc3c[nH]c([C@@H]4CCCN4C(=O)[C@@H](C)C(C)C)n3)c[nH]2)[C@H]2CC[C@@H]1C2)C(C)C. The molecule has 1 aliphatic carbocycles. The molecule has 11 nitrogen and oxygen atoms in total. The third-order valence-corrected chi connectivity index (χ3v) is 9.42. The van der Waals surface area contributed by atoms with Gasteiger partial charge in [0.25, 0.3) is 0 Å². The predicted octanol–water partition coefficient (Wildman–Crippen LogP) is 4.11. The highest BCUT2D eigenvalue weighted by Crippen LogP contribution is 2.50. The lowest BCUT2D eigenvalue weighted by molar-refractivity contribution is -0.139. The zero-order valence-corrected chi connectivity index (χ0v) is 25.1. The van der Waals surface area contributed by atoms with Crippen LogP contribution in [0.5, 0.6) is 0 Å². The van der Waals surface area contributed by atoms with Crippen molar-refractivity contribution in [3.63, 3.8) is 0 Å². The minimum absolute atomic E-state index is 0.0168. The first-order chi connectivity index (χ1) is 19.6. The summed E-state index contributed by atoms with van der Waals surface area (Å²) in [4.78, 5) is 59.3. The molecule has 224 valence electrons. The molecule has 2 aromatic heterocycles. The number of fused-ring (bicyclic) bond motifs is 2. The Bertz CT molecular complexity index is 1250. The van der Waals surface area contributed by atoms with Crippen molar-refractivity contribution in [1.29, 1.82) is 0 Å². The van der Waals surface area contributed by atoms with Gasteiger partial charge in [-0.3, -0.25) is 9.59 Å². The normalized spacial score (nSPS) is 25.3. The van der Waals surface area contributed by atoms with Crippen LogP contribution in [0, 0.1) is 23.7 Å². The number of methoxy groups -OCH3 is 1. The van der Waals surface area contributed by atoms with Crippen LogP contribution in [0.1, 0.15) is 102 Å². The van der Waals surface area contributed by atoms with Crippen molar-refractivity contribution >= 4 is 17.9 Å². The quantitative estimate of drug-likeness (QED) is 0.417. The van der Waals surface area contributed by atoms with Crippen LogP contribution in [0.2, 0.25) is 0 Å². The van der Waals surface area contributed by atoms with Crippen LogP contribution in [-0.2, 0) is 20.7 Å². The van der Waals surface area contributed by atoms with Gasteiger partial charge in [0.1, 0.15) is 17.7 Å². The molecule has 41 heavy (non-hydrogen) atoms. The molecule has 2 saturated heterocycles. The maximum absolute atomic E-state index is 13.8. The van der Waals surface area contributed by atoms with Gasteiger partial charge in [-0.25, -0.2) is 14.8 Å². The molecule has 2 aliphatic heterocycles. The van der Waals surface area contributed by atoms with Gasteiger partial charge in [-0.05, 0) is 49.9 Å². The van der Waals surface area contributed by atoms with Crippen molar-refractivity contribution < 1.29 is 19.1 Å². The van der Waals surface area contributed by atoms with E-state index >= 15 is 0 Å². The largest absolute Gasteiger partial charge is 0.453 e. The molecule has 3 N–H and O–H groups in total. The highest BCUT2D eigenvalue weighted by molar-refractivity contribution is 5.87. The number of nitrogens with zero attached hydrogens (tertiary/aromatic N) is 4. The molecular weight excluding hydrogens is 522 g/mol. The van der Waals surface area contributed by atoms with Gasteiger partial charge in [-0.2, -0.15) is 0 Å². The standard InChI is InChI=1S/C30H45N7O4/c1-16(2)18(5)28(38)36-11-7-8-23(36)26-31-14-20(33-26)13-21-15-32-27(34-21)25-19-9-10-22(12-19)37(25)29(39)24(17(3)4)35-30(40)41-6/h14-19,22-25H,7-13H2,1-6H3,(H,31,33)(H,32,34)(H,35,40)/t18-,19-,22+,23-,24-,25?/m0/s1. The Kier molecular flexibility index (Phi) is 8.42. The Balaban J connectivity index is 1.29. The van der Waals surface area contributed by atoms with E-state index in [2.05, 4.69) is 29.1 Å². The fourth-order valence-electron chi connectivity index (χ4n) is 6.82. The minimum Gasteiger partial charge on any atom is -0.453 e. The average molecular weight is 568 g/mol. The van der Waals surface area contributed by atoms with E-state index in [1.165, 1.54) is 7.11 Å². The van der Waals surface area contributed by atoms with E-state index in [-0.39, 0.29) is 41.8 Å². The van der Waals surface area contributed by atoms with Crippen LogP contribution in [-0.4, -0.2) is 73.4 Å². The lowest BCUT2D eigenvalue weighted by Crippen LogP contribution is -2.54. The molecule has 3 aliphatic rings. The number of aromatic amines is 2. The van der Waals surface area contributed by atoms with Crippen LogP contribution < -0.4 is 5.32 Å². The van der Waals surface area contributed by atoms with E-state index in [9.17, 15) is 14.4 Å². The zero-order chi connectivity index (χ0) is 29.4. The van der Waals surface area contributed by atoms with Crippen molar-refractivity contribution in [2.45, 2.75) is 97.3 Å². The van der Waals surface area contributed by atoms with Gasteiger partial charge < -0.3 is 29.8 Å². The van der Waals surface area contributed by atoms with Crippen LogP contribution in [0.4, 0.5) is 4.79 Å². The van der Waals surface area contributed by atoms with Gasteiger partial charge in [0.15, 0.2) is 0 Å². The number of hydrogen-bond acceptors (Lipinski definition) is 6. The van der Waals surface area contributed by atoms with Gasteiger partial charge >= 0.3 is 6.09 Å². The molecule has 4 heterocycles. The zero-order valence-electron chi connectivity index (χ0n) is 25.1. The molecule has 1 unspecified atom stereocenters. The van der Waals surface area contributed by atoms with Crippen LogP contribution in [0.3, 0.4) is 0 Å². The van der Waals surface area contributed by atoms with E-state index in [4.69, 9.17) is 14.7 Å². The summed E-state index contributed by atoms with van der Waals surface area (Å²) in [6.45, 7) is 10.8. The number of H-pyrrole nitrogens is 2. The molecule has 3 amide bonds. The molecule has 1 saturated carbocycles.